The quantitative estimate of drug-likeness (QED) is 0.0906. The van der Waals surface area contributed by atoms with Crippen LogP contribution in [0.15, 0.2) is 10.6 Å². The molecule has 3 unspecified atom stereocenters. The molecule has 0 bridgehead atoms. The fourth-order valence-corrected chi connectivity index (χ4v) is 2.55. The summed E-state index contributed by atoms with van der Waals surface area (Å²) in [6, 6.07) is -0.377. The van der Waals surface area contributed by atoms with E-state index in [-0.39, 0.29) is 49.0 Å². The second-order valence-electron chi connectivity index (χ2n) is 9.09. The summed E-state index contributed by atoms with van der Waals surface area (Å²) in [7, 11) is 3.34. The number of nitrogens with two attached hydrogens (primary N) is 2. The molecule has 0 saturated heterocycles. The topological polar surface area (TPSA) is 307 Å². The lowest BCUT2D eigenvalue weighted by Crippen LogP contribution is -2.49. The van der Waals surface area contributed by atoms with Gasteiger partial charge in [-0.1, -0.05) is 12.1 Å². The van der Waals surface area contributed by atoms with Gasteiger partial charge < -0.3 is 53.0 Å². The van der Waals surface area contributed by atoms with Gasteiger partial charge in [-0.3, -0.25) is 38.4 Å². The van der Waals surface area contributed by atoms with Gasteiger partial charge in [0.1, 0.15) is 11.7 Å². The number of carboxylic acids is 1. The van der Waals surface area contributed by atoms with Crippen molar-refractivity contribution in [3.05, 3.63) is 17.5 Å². The molecule has 1 rings (SSSR count). The first-order valence-electron chi connectivity index (χ1n) is 13.5. The van der Waals surface area contributed by atoms with Crippen molar-refractivity contribution in [1.29, 1.82) is 0 Å². The Hall–Kier alpha value is -4.91. The summed E-state index contributed by atoms with van der Waals surface area (Å²) in [4.78, 5) is 85.3. The predicted octanol–water partition coefficient (Wildman–Crippen LogP) is -3.11. The summed E-state index contributed by atoms with van der Waals surface area (Å²) in [6.07, 6.45) is 0.954. The van der Waals surface area contributed by atoms with Gasteiger partial charge in [0.25, 0.3) is 0 Å². The molecule has 0 radical (unpaired) electrons. The van der Waals surface area contributed by atoms with E-state index in [1.54, 1.807) is 27.9 Å². The Kier molecular flexibility index (Phi) is 26.4. The Bertz CT molecular complexity index is 1080. The molecular weight excluding hydrogens is 598 g/mol. The molecule has 11 N–H and O–H groups in total. The molecule has 0 aliphatic rings. The number of aromatic nitrogens is 1. The molecule has 19 heteroatoms. The van der Waals surface area contributed by atoms with Crippen LogP contribution in [-0.2, 0) is 40.1 Å². The fraction of sp³-hybridized carbons (Fsp3) is 0.577. The van der Waals surface area contributed by atoms with E-state index in [2.05, 4.69) is 42.8 Å². The lowest BCUT2D eigenvalue weighted by molar-refractivity contribution is -0.137. The third kappa shape index (κ3) is 29.0. The number of nitrogens with one attached hydrogen (secondary N) is 6. The van der Waals surface area contributed by atoms with Crippen LogP contribution in [0.5, 0.6) is 0 Å². The van der Waals surface area contributed by atoms with E-state index in [0.29, 0.717) is 25.0 Å². The standard InChI is InChI=1S/C14H21N5O5.C6H11NO3.C4H10N2O.C2H5NO/c1-3-11(15)14(23)17-6-12(21)18-8(2)13(22)16-5-10-4-9(7-20)19-24-10;1-4(3-6(9)10)7-5(2)8;1-5-3-4(7)6-2;1-2(3)4/h4,7-8,11H,3,5-6,15H2,1-2H3,(H,16,22)(H,17,23)(H,18,21);4H,3H2,1-2H3,(H,7,8)(H,9,10);5H,3H2,1-2H3,(H,6,7);1H3,(H2,3,4). The largest absolute Gasteiger partial charge is 0.481 e. The molecule has 0 aromatic carbocycles. The normalized spacial score (nSPS) is 11.4. The number of amides is 6. The Morgan fingerprint density at radius 2 is 1.56 bits per heavy atom. The van der Waals surface area contributed by atoms with Crippen LogP contribution in [0.4, 0.5) is 0 Å². The molecule has 0 saturated carbocycles. The number of carboxylic acid groups (broad SMARTS) is 1. The zero-order chi connectivity index (χ0) is 35.5. The zero-order valence-electron chi connectivity index (χ0n) is 26.6. The van der Waals surface area contributed by atoms with E-state index in [0.717, 1.165) is 0 Å². The van der Waals surface area contributed by atoms with Crippen LogP contribution in [0, 0.1) is 0 Å². The van der Waals surface area contributed by atoms with Crippen molar-refractivity contribution in [2.75, 3.05) is 27.2 Å². The number of nitrogens with zero attached hydrogens (tertiary/aromatic N) is 1. The highest BCUT2D eigenvalue weighted by molar-refractivity contribution is 5.90. The van der Waals surface area contributed by atoms with Crippen molar-refractivity contribution in [2.24, 2.45) is 11.5 Å². The smallest absolute Gasteiger partial charge is 0.305 e. The molecule has 0 aliphatic carbocycles. The minimum Gasteiger partial charge on any atom is -0.481 e. The Morgan fingerprint density at radius 1 is 0.978 bits per heavy atom. The number of carbonyl (C=O) groups is 8. The summed E-state index contributed by atoms with van der Waals surface area (Å²) in [5, 5.41) is 26.7. The summed E-state index contributed by atoms with van der Waals surface area (Å²) < 4.78 is 4.82. The van der Waals surface area contributed by atoms with Crippen molar-refractivity contribution < 1.29 is 48.0 Å². The molecule has 256 valence electrons. The predicted molar refractivity (Wildman–Crippen MR) is 161 cm³/mol. The molecule has 6 amide bonds. The summed E-state index contributed by atoms with van der Waals surface area (Å²) >= 11 is 0. The van der Waals surface area contributed by atoms with Crippen LogP contribution in [0.3, 0.4) is 0 Å². The highest BCUT2D eigenvalue weighted by Gasteiger charge is 2.17. The zero-order valence-corrected chi connectivity index (χ0v) is 26.6. The SMILES string of the molecule is CC(=O)NC(C)CC(=O)O.CC(N)=O.CCC(N)C(=O)NCC(=O)NC(C)C(=O)NCc1cc(C=O)no1.CNCC(=O)NC. The van der Waals surface area contributed by atoms with Crippen LogP contribution in [-0.4, -0.2) is 103 Å². The number of aldehydes is 1. The Morgan fingerprint density at radius 3 is 1.96 bits per heavy atom. The monoisotopic (exact) mass is 645 g/mol. The van der Waals surface area contributed by atoms with Crippen molar-refractivity contribution >= 4 is 47.7 Å². The Labute approximate surface area is 261 Å². The van der Waals surface area contributed by atoms with Crippen molar-refractivity contribution in [1.82, 2.24) is 37.1 Å². The van der Waals surface area contributed by atoms with Gasteiger partial charge in [0.05, 0.1) is 32.1 Å². The van der Waals surface area contributed by atoms with Crippen LogP contribution in [0.1, 0.15) is 63.7 Å². The number of carbonyl (C=O) groups excluding carboxylic acids is 7. The van der Waals surface area contributed by atoms with Gasteiger partial charge in [-0.15, -0.1) is 0 Å². The van der Waals surface area contributed by atoms with Gasteiger partial charge in [0, 0.05) is 33.0 Å². The van der Waals surface area contributed by atoms with Gasteiger partial charge in [0.2, 0.25) is 35.4 Å². The third-order valence-electron chi connectivity index (χ3n) is 4.65. The molecule has 0 aliphatic heterocycles. The van der Waals surface area contributed by atoms with Crippen LogP contribution in [0.2, 0.25) is 0 Å². The first-order valence-corrected chi connectivity index (χ1v) is 13.5. The van der Waals surface area contributed by atoms with Gasteiger partial charge in [-0.05, 0) is 27.3 Å². The van der Waals surface area contributed by atoms with Gasteiger partial charge in [-0.2, -0.15) is 0 Å². The van der Waals surface area contributed by atoms with Gasteiger partial charge in [0.15, 0.2) is 12.0 Å². The average Bonchev–Trinajstić information content (AvgIpc) is 3.42. The highest BCUT2D eigenvalue weighted by atomic mass is 16.5. The third-order valence-corrected chi connectivity index (χ3v) is 4.65. The second kappa shape index (κ2) is 26.7. The van der Waals surface area contributed by atoms with E-state index in [4.69, 9.17) is 15.4 Å². The molecule has 0 fully saturated rings. The van der Waals surface area contributed by atoms with Crippen molar-refractivity contribution in [2.45, 2.75) is 72.1 Å². The number of rotatable bonds is 14. The number of hydrogen-bond acceptors (Lipinski definition) is 12. The maximum atomic E-state index is 11.9. The maximum Gasteiger partial charge on any atom is 0.305 e. The molecular formula is C26H47N9O10. The summed E-state index contributed by atoms with van der Waals surface area (Å²) in [5.41, 5.74) is 10.1. The van der Waals surface area contributed by atoms with Crippen LogP contribution < -0.4 is 43.4 Å². The molecule has 3 atom stereocenters. The van der Waals surface area contributed by atoms with Crippen molar-refractivity contribution in [3.63, 3.8) is 0 Å². The molecule has 1 aromatic heterocycles. The van der Waals surface area contributed by atoms with E-state index < -0.39 is 35.8 Å². The fourth-order valence-electron chi connectivity index (χ4n) is 2.55. The van der Waals surface area contributed by atoms with E-state index in [9.17, 15) is 38.4 Å². The van der Waals surface area contributed by atoms with Gasteiger partial charge >= 0.3 is 5.97 Å². The van der Waals surface area contributed by atoms with E-state index in [1.165, 1.54) is 26.8 Å². The lowest BCUT2D eigenvalue weighted by Gasteiger charge is -2.14. The van der Waals surface area contributed by atoms with E-state index in [1.807, 2.05) is 0 Å². The number of hydrogen-bond donors (Lipinski definition) is 9. The molecule has 45 heavy (non-hydrogen) atoms. The van der Waals surface area contributed by atoms with Gasteiger partial charge in [-0.25, -0.2) is 0 Å². The average molecular weight is 646 g/mol. The molecule has 0 spiro atoms. The minimum atomic E-state index is -0.902. The minimum absolute atomic E-state index is 0.0162. The highest BCUT2D eigenvalue weighted by Crippen LogP contribution is 2.00. The number of primary amides is 1. The molecule has 19 nitrogen and oxygen atoms in total. The molecule has 1 aromatic rings. The van der Waals surface area contributed by atoms with Crippen LogP contribution in [0.25, 0.3) is 0 Å². The maximum absolute atomic E-state index is 11.9. The number of aliphatic carboxylic acids is 1. The Balaban J connectivity index is -0.000000685. The second-order valence-corrected chi connectivity index (χ2v) is 9.09. The van der Waals surface area contributed by atoms with Crippen LogP contribution >= 0.6 is 0 Å². The van der Waals surface area contributed by atoms with E-state index >= 15 is 0 Å². The number of likely N-dealkylation sites (N-methyl/N-ethyl adjacent to an activating group) is 2. The first-order chi connectivity index (χ1) is 20.9. The summed E-state index contributed by atoms with van der Waals surface area (Å²) in [6.45, 7) is 7.72. The summed E-state index contributed by atoms with van der Waals surface area (Å²) in [5.74, 6) is -2.51. The van der Waals surface area contributed by atoms with Crippen molar-refractivity contribution in [3.8, 4) is 0 Å². The molecule has 1 heterocycles. The first kappa shape index (κ1) is 44.5. The lowest BCUT2D eigenvalue weighted by atomic mass is 10.2.